The molecule has 0 amide bonds. The first kappa shape index (κ1) is 89.5. The van der Waals surface area contributed by atoms with E-state index in [1.165, 1.54) is 167 Å². The molecule has 0 nitrogen and oxygen atoms in total. The lowest BCUT2D eigenvalue weighted by atomic mass is 9.41. The summed E-state index contributed by atoms with van der Waals surface area (Å²) in [7, 11) is 0. The summed E-state index contributed by atoms with van der Waals surface area (Å²) in [5.41, 5.74) is 120. The minimum absolute atomic E-state index is 0.00620. The van der Waals surface area contributed by atoms with E-state index in [-0.39, 0.29) is 43.3 Å². The molecule has 4 spiro atoms. The Balaban J connectivity index is 0.0000000914. The molecule has 32 rings (SSSR count). The highest BCUT2D eigenvalue weighted by Gasteiger charge is 2.78. The third-order valence-corrected chi connectivity index (χ3v) is 49.5. The molecular formula is C144H148. The Kier molecular flexibility index (Phi) is 16.0. The van der Waals surface area contributed by atoms with Gasteiger partial charge in [-0.15, -0.1) is 0 Å². The standard InChI is InChI=1S/C39H44.C37H38.C35H36.C33H30/c1-15-16(2)26-22(8)28-18(4)20(6)30-24(10)32-36-31(37(11,12)38(32,13)14)23(9)29-19(5)17(3)27-21(7)25(15)33(26)39(36,34(27)29)35(28)30;1-13-14(2)26-22(10)28-17(5)18(6)30-24(12)32-20(8)19(7)31-23(11)29-16(4)15(3)27-21(9)25(13)33(26)37(34(27)29,35(28)30)36(31)32;1-15-16(2)22-12-24-18(4)20(6)26-14-28-32-27(33(7,8)34(28,9)10)13-25-19(5)17(3)23-11-21(15)29(22)35(32,30(23)25)31(24)26;1-13-14(2)22-10-24-17(5)18(6)26-12-28-20(8)19(7)27-11-25-16(4)15(3)23-9-21(13)29(22)33(30(23)25,31(24)26)32(27)28/h34-35H,1-14H3;33,36H,1-12H3;11-14,30-31H,1-10H3;9-12,29,32H,1-8H3/t34-,35?,39?;;30-,31?,35?;/m1.1./s1. The van der Waals surface area contributed by atoms with Gasteiger partial charge in [0.05, 0.1) is 0 Å². The van der Waals surface area contributed by atoms with Gasteiger partial charge in [-0.2, -0.15) is 0 Å². The Morgan fingerprint density at radius 2 is 0.403 bits per heavy atom. The van der Waals surface area contributed by atoms with Crippen molar-refractivity contribution in [2.75, 3.05) is 0 Å². The zero-order chi connectivity index (χ0) is 102. The zero-order valence-electron chi connectivity index (χ0n) is 95.2. The van der Waals surface area contributed by atoms with Crippen molar-refractivity contribution in [1.29, 1.82) is 0 Å². The van der Waals surface area contributed by atoms with Crippen LogP contribution in [-0.2, 0) is 0 Å². The lowest BCUT2D eigenvalue weighted by Gasteiger charge is -2.60. The van der Waals surface area contributed by atoms with Crippen molar-refractivity contribution in [3.8, 4) is 0 Å². The van der Waals surface area contributed by atoms with Gasteiger partial charge in [-0.05, 0) is 694 Å². The summed E-state index contributed by atoms with van der Waals surface area (Å²) in [5.74, 6) is 3.41. The molecule has 724 valence electrons. The first-order chi connectivity index (χ1) is 67.6. The average molecular weight is 1880 g/mol. The molecule has 0 heteroatoms. The maximum absolute atomic E-state index is 2.66. The van der Waals surface area contributed by atoms with E-state index >= 15 is 0 Å². The maximum atomic E-state index is 2.66. The van der Waals surface area contributed by atoms with Crippen molar-refractivity contribution < 1.29 is 0 Å². The van der Waals surface area contributed by atoms with Crippen LogP contribution in [-0.4, -0.2) is 0 Å². The molecule has 4 unspecified atom stereocenters. The van der Waals surface area contributed by atoms with Gasteiger partial charge in [-0.1, -0.05) is 104 Å². The minimum Gasteiger partial charge on any atom is -0.0550 e. The van der Waals surface area contributed by atoms with Gasteiger partial charge in [0.15, 0.2) is 0 Å². The van der Waals surface area contributed by atoms with Gasteiger partial charge in [0.25, 0.3) is 0 Å². The average Bonchev–Trinajstić information content (AvgIpc) is 1.45. The van der Waals surface area contributed by atoms with Gasteiger partial charge in [0.2, 0.25) is 0 Å². The molecule has 0 bridgehead atoms. The van der Waals surface area contributed by atoms with Crippen LogP contribution in [0.3, 0.4) is 0 Å². The molecule has 0 aromatic heterocycles. The molecule has 0 N–H and O–H groups in total. The Labute approximate surface area is 861 Å². The molecule has 0 fully saturated rings. The smallest absolute Gasteiger partial charge is 0.0446 e. The number of hydrogen-bond acceptors (Lipinski definition) is 0. The van der Waals surface area contributed by atoms with Crippen LogP contribution >= 0.6 is 0 Å². The second-order valence-corrected chi connectivity index (χ2v) is 53.4. The first-order valence-electron chi connectivity index (χ1n) is 55.5. The molecule has 0 radical (unpaired) electrons. The second-order valence-electron chi connectivity index (χ2n) is 53.4. The maximum Gasteiger partial charge on any atom is 0.0446 e. The van der Waals surface area contributed by atoms with Crippen LogP contribution in [0.2, 0.25) is 0 Å². The summed E-state index contributed by atoms with van der Waals surface area (Å²) in [6.45, 7) is 107. The summed E-state index contributed by atoms with van der Waals surface area (Å²) >= 11 is 0. The Morgan fingerprint density at radius 3 is 0.729 bits per heavy atom. The SMILES string of the molecule is CC1=C(C)C2=C3C1=C(C)C1=C(C)C(C)=C4C(C)=C5C(C)=C(C)C6=C5C3(C14)C1C(=C2C)C(C)=C(C)C1=C6C.CC1=C(C)C2=C3C1=C(C)C1=C(C)C(C)=C4C(C)=C5C6=C(C(C)=C7C(C)=C(C)C(=C2C)C7C36[C@H]14)C(C)(C)C5(C)C.CC1=C(C)C2=C3C1=CC1=C(C)C(C)=C4C=C5C(C)=C(C)C6=C5C3(C3C(=C2)C(C)=C(C)C3=C6)C14.CC1=C(C)C2=C3C1=CC1=C(C)C(C)=C4C=C5C6=C(C=C7C(C)=C(C)C(=C2)C7C36[C@H]14)C(C)(C)C5(C)C. The van der Waals surface area contributed by atoms with Crippen LogP contribution in [0, 0.1) is 90.7 Å². The molecule has 0 aromatic carbocycles. The lowest BCUT2D eigenvalue weighted by Crippen LogP contribution is -2.52. The van der Waals surface area contributed by atoms with Crippen molar-refractivity contribution >= 4 is 0 Å². The predicted octanol–water partition coefficient (Wildman–Crippen LogP) is 37.6. The number of allylic oxidation sites excluding steroid dienone is 84. The van der Waals surface area contributed by atoms with Crippen molar-refractivity contribution in [2.45, 2.75) is 305 Å². The topological polar surface area (TPSA) is 0 Å². The highest BCUT2D eigenvalue weighted by atomic mass is 14.8. The van der Waals surface area contributed by atoms with Crippen LogP contribution in [0.1, 0.15) is 305 Å². The highest BCUT2D eigenvalue weighted by Crippen LogP contribution is 2.88. The van der Waals surface area contributed by atoms with E-state index in [0.717, 1.165) is 0 Å². The number of rotatable bonds is 0. The summed E-state index contributed by atoms with van der Waals surface area (Å²) in [6, 6.07) is 0. The molecule has 0 aromatic rings. The van der Waals surface area contributed by atoms with E-state index in [1.807, 2.05) is 0 Å². The highest BCUT2D eigenvalue weighted by molar-refractivity contribution is 5.98. The predicted molar refractivity (Wildman–Crippen MR) is 601 cm³/mol. The van der Waals surface area contributed by atoms with E-state index in [9.17, 15) is 0 Å². The summed E-state index contributed by atoms with van der Waals surface area (Å²) < 4.78 is 0. The van der Waals surface area contributed by atoms with Crippen molar-refractivity contribution in [1.82, 2.24) is 0 Å². The van der Waals surface area contributed by atoms with Crippen LogP contribution in [0.15, 0.2) is 472 Å². The van der Waals surface area contributed by atoms with Crippen LogP contribution in [0.5, 0.6) is 0 Å². The Hall–Kier alpha value is -10.9. The summed E-state index contributed by atoms with van der Waals surface area (Å²) in [6.07, 6.45) is 20.9. The van der Waals surface area contributed by atoms with Crippen molar-refractivity contribution in [3.63, 3.8) is 0 Å². The van der Waals surface area contributed by atoms with Gasteiger partial charge in [0.1, 0.15) is 0 Å². The molecule has 0 aliphatic heterocycles. The molecule has 0 heterocycles. The molecule has 144 heavy (non-hydrogen) atoms. The van der Waals surface area contributed by atoms with E-state index in [4.69, 9.17) is 0 Å². The van der Waals surface area contributed by atoms with E-state index in [1.54, 1.807) is 256 Å². The number of hydrogen-bond donors (Lipinski definition) is 0. The van der Waals surface area contributed by atoms with Gasteiger partial charge >= 0.3 is 0 Å². The summed E-state index contributed by atoms with van der Waals surface area (Å²) in [4.78, 5) is 0. The van der Waals surface area contributed by atoms with E-state index in [0.29, 0.717) is 47.3 Å². The zero-order valence-corrected chi connectivity index (χ0v) is 95.2. The fourth-order valence-corrected chi connectivity index (χ4v) is 40.5. The largest absolute Gasteiger partial charge is 0.0550 e. The normalized spacial score (nSPS) is 34.8. The minimum atomic E-state index is -0.0508. The Bertz CT molecular complexity index is 8590. The van der Waals surface area contributed by atoms with Crippen LogP contribution < -0.4 is 0 Å². The fourth-order valence-electron chi connectivity index (χ4n) is 40.5. The van der Waals surface area contributed by atoms with Gasteiger partial charge in [0, 0.05) is 69.0 Å². The first-order valence-corrected chi connectivity index (χ1v) is 55.5. The summed E-state index contributed by atoms with van der Waals surface area (Å²) in [5, 5.41) is 0. The third kappa shape index (κ3) is 8.23. The van der Waals surface area contributed by atoms with Crippen LogP contribution in [0.4, 0.5) is 0 Å². The van der Waals surface area contributed by atoms with Gasteiger partial charge < -0.3 is 0 Å². The van der Waals surface area contributed by atoms with E-state index < -0.39 is 0 Å². The van der Waals surface area contributed by atoms with Gasteiger partial charge in [-0.3, -0.25) is 0 Å². The fraction of sp³-hybridized carbons (Fsp3) is 0.417. The molecule has 32 aliphatic carbocycles. The molecule has 32 aliphatic rings. The van der Waals surface area contributed by atoms with Gasteiger partial charge in [-0.25, -0.2) is 0 Å². The second kappa shape index (κ2) is 25.7. The lowest BCUT2D eigenvalue weighted by molar-refractivity contribution is 0.220. The molecule has 0 saturated carbocycles. The van der Waals surface area contributed by atoms with Crippen molar-refractivity contribution in [3.05, 3.63) is 472 Å². The molecular weight excluding hydrogens is 1730 g/mol. The molecule has 6 atom stereocenters. The van der Waals surface area contributed by atoms with E-state index in [2.05, 4.69) is 353 Å². The Morgan fingerprint density at radius 1 is 0.146 bits per heavy atom. The molecule has 0 saturated heterocycles. The third-order valence-electron chi connectivity index (χ3n) is 49.5. The van der Waals surface area contributed by atoms with Crippen LogP contribution in [0.25, 0.3) is 0 Å². The van der Waals surface area contributed by atoms with Crippen molar-refractivity contribution in [2.24, 2.45) is 90.7 Å². The monoisotopic (exact) mass is 1880 g/mol. The quantitative estimate of drug-likeness (QED) is 0.227.